The van der Waals surface area contributed by atoms with E-state index < -0.39 is 5.54 Å². The molecule has 0 rings (SSSR count). The van der Waals surface area contributed by atoms with Gasteiger partial charge in [-0.2, -0.15) is 0 Å². The van der Waals surface area contributed by atoms with Crippen molar-refractivity contribution >= 4 is 6.29 Å². The number of hydrogen-bond acceptors (Lipinski definition) is 2. The van der Waals surface area contributed by atoms with Crippen molar-refractivity contribution in [3.63, 3.8) is 0 Å². The van der Waals surface area contributed by atoms with Gasteiger partial charge >= 0.3 is 0 Å². The molecule has 2 nitrogen and oxygen atoms in total. The fourth-order valence-corrected chi connectivity index (χ4v) is 0.996. The highest BCUT2D eigenvalue weighted by Gasteiger charge is 2.22. The minimum atomic E-state index is -0.405. The van der Waals surface area contributed by atoms with Gasteiger partial charge in [-0.05, 0) is 34.6 Å². The van der Waals surface area contributed by atoms with Gasteiger partial charge in [0.05, 0.1) is 5.54 Å². The van der Waals surface area contributed by atoms with E-state index in [1.54, 1.807) is 0 Å². The lowest BCUT2D eigenvalue weighted by atomic mass is 10.0. The van der Waals surface area contributed by atoms with Crippen molar-refractivity contribution in [2.75, 3.05) is 0 Å². The highest BCUT2D eigenvalue weighted by Crippen LogP contribution is 2.07. The quantitative estimate of drug-likeness (QED) is 0.591. The molecule has 0 aromatic carbocycles. The fourth-order valence-electron chi connectivity index (χ4n) is 0.996. The Hall–Kier alpha value is -0.370. The summed E-state index contributed by atoms with van der Waals surface area (Å²) in [7, 11) is 0. The van der Waals surface area contributed by atoms with Gasteiger partial charge < -0.3 is 10.1 Å². The molecule has 60 valence electrons. The van der Waals surface area contributed by atoms with E-state index in [4.69, 9.17) is 0 Å². The van der Waals surface area contributed by atoms with Crippen LogP contribution in [0.3, 0.4) is 0 Å². The fraction of sp³-hybridized carbons (Fsp3) is 0.875. The third kappa shape index (κ3) is 4.50. The van der Waals surface area contributed by atoms with E-state index >= 15 is 0 Å². The maximum atomic E-state index is 10.4. The van der Waals surface area contributed by atoms with Gasteiger partial charge in [-0.1, -0.05) is 0 Å². The molecular formula is C8H17NO. The first-order valence-corrected chi connectivity index (χ1v) is 3.52. The Balaban J connectivity index is 4.01. The Morgan fingerprint density at radius 3 is 1.60 bits per heavy atom. The van der Waals surface area contributed by atoms with Crippen LogP contribution in [0, 0.1) is 0 Å². The summed E-state index contributed by atoms with van der Waals surface area (Å²) in [4.78, 5) is 10.4. The van der Waals surface area contributed by atoms with Gasteiger partial charge in [0.1, 0.15) is 6.29 Å². The first kappa shape index (κ1) is 9.63. The topological polar surface area (TPSA) is 29.1 Å². The summed E-state index contributed by atoms with van der Waals surface area (Å²) >= 11 is 0. The van der Waals surface area contributed by atoms with Crippen LogP contribution in [0.15, 0.2) is 0 Å². The van der Waals surface area contributed by atoms with E-state index in [0.29, 0.717) is 0 Å². The molecule has 0 unspecified atom stereocenters. The Morgan fingerprint density at radius 1 is 1.10 bits per heavy atom. The predicted octanol–water partition coefficient (Wildman–Crippen LogP) is 1.35. The first-order valence-electron chi connectivity index (χ1n) is 3.52. The maximum absolute atomic E-state index is 10.4. The summed E-state index contributed by atoms with van der Waals surface area (Å²) in [5.41, 5.74) is -0.400. The molecule has 0 spiro atoms. The summed E-state index contributed by atoms with van der Waals surface area (Å²) in [5, 5.41) is 3.18. The van der Waals surface area contributed by atoms with Crippen LogP contribution in [0.1, 0.15) is 34.6 Å². The molecule has 0 aliphatic carbocycles. The SMILES string of the molecule is CC(C)(C)NC(C)(C)C=O. The lowest BCUT2D eigenvalue weighted by molar-refractivity contribution is -0.112. The molecule has 1 N–H and O–H groups in total. The summed E-state index contributed by atoms with van der Waals surface area (Å²) in [6, 6.07) is 0. The summed E-state index contributed by atoms with van der Waals surface area (Å²) in [5.74, 6) is 0. The molecule has 0 amide bonds. The van der Waals surface area contributed by atoms with E-state index in [2.05, 4.69) is 5.32 Å². The van der Waals surface area contributed by atoms with Gasteiger partial charge in [-0.15, -0.1) is 0 Å². The summed E-state index contributed by atoms with van der Waals surface area (Å²) in [6.45, 7) is 9.85. The number of hydrogen-bond donors (Lipinski definition) is 1. The van der Waals surface area contributed by atoms with Crippen molar-refractivity contribution < 1.29 is 4.79 Å². The first-order chi connectivity index (χ1) is 4.27. The van der Waals surface area contributed by atoms with E-state index in [9.17, 15) is 4.79 Å². The van der Waals surface area contributed by atoms with Gasteiger partial charge in [0.25, 0.3) is 0 Å². The third-order valence-corrected chi connectivity index (χ3v) is 0.992. The molecular weight excluding hydrogens is 126 g/mol. The van der Waals surface area contributed by atoms with Crippen molar-refractivity contribution in [3.8, 4) is 0 Å². The highest BCUT2D eigenvalue weighted by atomic mass is 16.1. The average Bonchev–Trinajstić information content (AvgIpc) is 1.60. The van der Waals surface area contributed by atoms with Crippen molar-refractivity contribution in [2.45, 2.75) is 45.7 Å². The minimum absolute atomic E-state index is 0.00438. The highest BCUT2D eigenvalue weighted by molar-refractivity contribution is 5.62. The predicted molar refractivity (Wildman–Crippen MR) is 43.0 cm³/mol. The van der Waals surface area contributed by atoms with Crippen LogP contribution in [0.5, 0.6) is 0 Å². The van der Waals surface area contributed by atoms with Crippen LogP contribution in [0.4, 0.5) is 0 Å². The number of aldehydes is 1. The molecule has 0 atom stereocenters. The number of carbonyl (C=O) groups is 1. The molecule has 0 aliphatic heterocycles. The van der Waals surface area contributed by atoms with E-state index in [1.807, 2.05) is 34.6 Å². The minimum Gasteiger partial charge on any atom is -0.301 e. The van der Waals surface area contributed by atoms with Crippen molar-refractivity contribution in [1.82, 2.24) is 5.32 Å². The van der Waals surface area contributed by atoms with Crippen LogP contribution in [0.2, 0.25) is 0 Å². The molecule has 0 heterocycles. The Morgan fingerprint density at radius 2 is 1.50 bits per heavy atom. The average molecular weight is 143 g/mol. The standard InChI is InChI=1S/C8H17NO/c1-7(2,3)9-8(4,5)6-10/h6,9H,1-5H3. The second-order valence-electron chi connectivity index (χ2n) is 4.21. The Labute approximate surface area is 63.0 Å². The molecule has 0 saturated carbocycles. The van der Waals surface area contributed by atoms with Gasteiger partial charge in [-0.25, -0.2) is 0 Å². The third-order valence-electron chi connectivity index (χ3n) is 0.992. The van der Waals surface area contributed by atoms with Crippen LogP contribution in [0.25, 0.3) is 0 Å². The second kappa shape index (κ2) is 2.70. The molecule has 0 radical (unpaired) electrons. The summed E-state index contributed by atoms with van der Waals surface area (Å²) in [6.07, 6.45) is 0.929. The van der Waals surface area contributed by atoms with Crippen LogP contribution >= 0.6 is 0 Å². The molecule has 0 aromatic rings. The molecule has 2 heteroatoms. The van der Waals surface area contributed by atoms with Gasteiger partial charge in [-0.3, -0.25) is 0 Å². The number of carbonyl (C=O) groups excluding carboxylic acids is 1. The normalized spacial score (nSPS) is 13.3. The largest absolute Gasteiger partial charge is 0.301 e. The lowest BCUT2D eigenvalue weighted by Gasteiger charge is -2.30. The van der Waals surface area contributed by atoms with E-state index in [0.717, 1.165) is 6.29 Å². The van der Waals surface area contributed by atoms with Crippen LogP contribution < -0.4 is 5.32 Å². The molecule has 10 heavy (non-hydrogen) atoms. The van der Waals surface area contributed by atoms with E-state index in [-0.39, 0.29) is 5.54 Å². The lowest BCUT2D eigenvalue weighted by Crippen LogP contribution is -2.51. The number of nitrogens with one attached hydrogen (secondary N) is 1. The van der Waals surface area contributed by atoms with Crippen LogP contribution in [-0.4, -0.2) is 17.4 Å². The van der Waals surface area contributed by atoms with Crippen molar-refractivity contribution in [3.05, 3.63) is 0 Å². The van der Waals surface area contributed by atoms with E-state index in [1.165, 1.54) is 0 Å². The zero-order chi connectivity index (χ0) is 8.41. The molecule has 0 fully saturated rings. The zero-order valence-corrected chi connectivity index (χ0v) is 7.49. The van der Waals surface area contributed by atoms with Gasteiger partial charge in [0.2, 0.25) is 0 Å². The zero-order valence-electron chi connectivity index (χ0n) is 7.49. The number of rotatable bonds is 2. The maximum Gasteiger partial charge on any atom is 0.139 e. The van der Waals surface area contributed by atoms with Gasteiger partial charge in [0.15, 0.2) is 0 Å². The molecule has 0 saturated heterocycles. The molecule has 0 aromatic heterocycles. The molecule has 0 bridgehead atoms. The monoisotopic (exact) mass is 143 g/mol. The van der Waals surface area contributed by atoms with Crippen molar-refractivity contribution in [1.29, 1.82) is 0 Å². The summed E-state index contributed by atoms with van der Waals surface area (Å²) < 4.78 is 0. The molecule has 0 aliphatic rings. The smallest absolute Gasteiger partial charge is 0.139 e. The van der Waals surface area contributed by atoms with Crippen molar-refractivity contribution in [2.24, 2.45) is 0 Å². The Bertz CT molecular complexity index is 122. The van der Waals surface area contributed by atoms with Gasteiger partial charge in [0, 0.05) is 5.54 Å². The Kier molecular flexibility index (Phi) is 2.60. The van der Waals surface area contributed by atoms with Crippen LogP contribution in [-0.2, 0) is 4.79 Å². The second-order valence-corrected chi connectivity index (χ2v) is 4.21.